The fourth-order valence-electron chi connectivity index (χ4n) is 8.06. The van der Waals surface area contributed by atoms with Crippen LogP contribution in [0, 0.1) is 0 Å². The highest BCUT2D eigenvalue weighted by atomic mass is 16.3. The second-order valence-electron chi connectivity index (χ2n) is 12.8. The first-order valence-corrected chi connectivity index (χ1v) is 16.4. The number of rotatable bonds is 2. The molecule has 2 heterocycles. The lowest BCUT2D eigenvalue weighted by molar-refractivity contribution is 0.656. The van der Waals surface area contributed by atoms with E-state index in [1.807, 2.05) is 0 Å². The smallest absolute Gasteiger partial charge is 0.139 e. The van der Waals surface area contributed by atoms with Gasteiger partial charge in [-0.05, 0) is 95.7 Å². The van der Waals surface area contributed by atoms with E-state index in [2.05, 4.69) is 158 Å². The van der Waals surface area contributed by atoms with Crippen molar-refractivity contribution in [3.8, 4) is 22.3 Å². The molecule has 222 valence electrons. The molecule has 2 heteroatoms. The van der Waals surface area contributed by atoms with Crippen LogP contribution in [0.5, 0.6) is 0 Å². The normalized spacial score (nSPS) is 12.2. The molecule has 0 N–H and O–H groups in total. The number of benzene rings is 9. The fourth-order valence-corrected chi connectivity index (χ4v) is 8.06. The Kier molecular flexibility index (Phi) is 5.14. The molecule has 0 spiro atoms. The van der Waals surface area contributed by atoms with Crippen molar-refractivity contribution < 1.29 is 8.83 Å². The van der Waals surface area contributed by atoms with Crippen LogP contribution in [0.1, 0.15) is 0 Å². The summed E-state index contributed by atoms with van der Waals surface area (Å²) in [5.74, 6) is 0. The van der Waals surface area contributed by atoms with E-state index in [1.54, 1.807) is 0 Å². The molecule has 0 unspecified atom stereocenters. The largest absolute Gasteiger partial charge is 0.456 e. The van der Waals surface area contributed by atoms with Crippen LogP contribution in [0.2, 0.25) is 0 Å². The molecule has 0 saturated heterocycles. The van der Waals surface area contributed by atoms with Gasteiger partial charge in [0.1, 0.15) is 22.3 Å². The summed E-state index contributed by atoms with van der Waals surface area (Å²) in [6.07, 6.45) is 0. The van der Waals surface area contributed by atoms with Crippen molar-refractivity contribution in [3.63, 3.8) is 0 Å². The first kappa shape index (κ1) is 25.8. The lowest BCUT2D eigenvalue weighted by Gasteiger charge is -2.18. The first-order valence-electron chi connectivity index (χ1n) is 16.4. The number of fused-ring (bicyclic) bond motifs is 10. The van der Waals surface area contributed by atoms with Gasteiger partial charge >= 0.3 is 0 Å². The molecular formula is C46H26O2. The average molecular weight is 611 g/mol. The van der Waals surface area contributed by atoms with Crippen molar-refractivity contribution in [2.75, 3.05) is 0 Å². The van der Waals surface area contributed by atoms with E-state index >= 15 is 0 Å². The summed E-state index contributed by atoms with van der Waals surface area (Å²) in [7, 11) is 0. The minimum atomic E-state index is 0.833. The lowest BCUT2D eigenvalue weighted by Crippen LogP contribution is -1.91. The van der Waals surface area contributed by atoms with Crippen LogP contribution < -0.4 is 0 Å². The molecule has 0 fully saturated rings. The van der Waals surface area contributed by atoms with Gasteiger partial charge in [-0.15, -0.1) is 0 Å². The van der Waals surface area contributed by atoms with Crippen molar-refractivity contribution in [2.45, 2.75) is 0 Å². The molecule has 0 saturated carbocycles. The van der Waals surface area contributed by atoms with Crippen molar-refractivity contribution in [1.82, 2.24) is 0 Å². The van der Waals surface area contributed by atoms with Crippen LogP contribution in [0.3, 0.4) is 0 Å². The van der Waals surface area contributed by atoms with Crippen molar-refractivity contribution >= 4 is 87.0 Å². The van der Waals surface area contributed by atoms with E-state index < -0.39 is 0 Å². The zero-order chi connectivity index (χ0) is 31.3. The summed E-state index contributed by atoms with van der Waals surface area (Å²) >= 11 is 0. The lowest BCUT2D eigenvalue weighted by atomic mass is 9.84. The second kappa shape index (κ2) is 9.57. The predicted molar refractivity (Wildman–Crippen MR) is 202 cm³/mol. The topological polar surface area (TPSA) is 26.3 Å². The van der Waals surface area contributed by atoms with Crippen molar-refractivity contribution in [2.24, 2.45) is 0 Å². The summed E-state index contributed by atoms with van der Waals surface area (Å²) in [6.45, 7) is 0. The second-order valence-corrected chi connectivity index (χ2v) is 12.8. The maximum atomic E-state index is 6.60. The summed E-state index contributed by atoms with van der Waals surface area (Å²) in [5, 5.41) is 14.3. The minimum absolute atomic E-state index is 0.833. The molecule has 2 aromatic heterocycles. The summed E-state index contributed by atoms with van der Waals surface area (Å²) in [6, 6.07) is 56.8. The molecule has 48 heavy (non-hydrogen) atoms. The van der Waals surface area contributed by atoms with Gasteiger partial charge in [-0.2, -0.15) is 0 Å². The van der Waals surface area contributed by atoms with Crippen molar-refractivity contribution in [3.05, 3.63) is 158 Å². The van der Waals surface area contributed by atoms with Crippen LogP contribution in [0.15, 0.2) is 167 Å². The Hall–Kier alpha value is -6.38. The highest BCUT2D eigenvalue weighted by molar-refractivity contribution is 6.24. The fraction of sp³-hybridized carbons (Fsp3) is 0. The molecule has 0 bridgehead atoms. The molecule has 0 amide bonds. The third kappa shape index (κ3) is 3.57. The monoisotopic (exact) mass is 610 g/mol. The van der Waals surface area contributed by atoms with E-state index in [4.69, 9.17) is 8.83 Å². The molecule has 0 aliphatic rings. The summed E-state index contributed by atoms with van der Waals surface area (Å²) in [5.41, 5.74) is 8.33. The maximum absolute atomic E-state index is 6.60. The molecule has 0 aliphatic heterocycles. The maximum Gasteiger partial charge on any atom is 0.139 e. The Morgan fingerprint density at radius 2 is 0.771 bits per heavy atom. The Balaban J connectivity index is 1.16. The van der Waals surface area contributed by atoms with Gasteiger partial charge in [0.15, 0.2) is 0 Å². The van der Waals surface area contributed by atoms with Crippen LogP contribution in [-0.4, -0.2) is 0 Å². The Labute approximate surface area is 275 Å². The molecule has 9 aromatic carbocycles. The van der Waals surface area contributed by atoms with Crippen LogP contribution in [0.4, 0.5) is 0 Å². The predicted octanol–water partition coefficient (Wildman–Crippen LogP) is 13.4. The first-order chi connectivity index (χ1) is 23.8. The summed E-state index contributed by atoms with van der Waals surface area (Å²) in [4.78, 5) is 0. The van der Waals surface area contributed by atoms with Gasteiger partial charge in [0.2, 0.25) is 0 Å². The van der Waals surface area contributed by atoms with E-state index in [1.165, 1.54) is 59.8 Å². The highest BCUT2D eigenvalue weighted by Crippen LogP contribution is 2.46. The Morgan fingerprint density at radius 1 is 0.271 bits per heavy atom. The number of furan rings is 2. The molecule has 0 radical (unpaired) electrons. The average Bonchev–Trinajstić information content (AvgIpc) is 3.67. The van der Waals surface area contributed by atoms with Gasteiger partial charge in [0, 0.05) is 27.6 Å². The molecule has 11 rings (SSSR count). The van der Waals surface area contributed by atoms with E-state index in [0.29, 0.717) is 0 Å². The van der Waals surface area contributed by atoms with E-state index in [0.717, 1.165) is 49.4 Å². The van der Waals surface area contributed by atoms with Gasteiger partial charge < -0.3 is 8.83 Å². The van der Waals surface area contributed by atoms with Gasteiger partial charge in [-0.1, -0.05) is 121 Å². The van der Waals surface area contributed by atoms with E-state index in [9.17, 15) is 0 Å². The van der Waals surface area contributed by atoms with Gasteiger partial charge in [-0.25, -0.2) is 0 Å². The molecule has 0 atom stereocenters. The van der Waals surface area contributed by atoms with Crippen LogP contribution >= 0.6 is 0 Å². The summed E-state index contributed by atoms with van der Waals surface area (Å²) < 4.78 is 13.0. The molecular weight excluding hydrogens is 585 g/mol. The number of hydrogen-bond donors (Lipinski definition) is 0. The highest BCUT2D eigenvalue weighted by Gasteiger charge is 2.19. The number of hydrogen-bond acceptors (Lipinski definition) is 2. The molecule has 2 nitrogen and oxygen atoms in total. The van der Waals surface area contributed by atoms with Gasteiger partial charge in [0.05, 0.1) is 0 Å². The third-order valence-electron chi connectivity index (χ3n) is 10.2. The third-order valence-corrected chi connectivity index (χ3v) is 10.2. The quantitative estimate of drug-likeness (QED) is 0.182. The zero-order valence-corrected chi connectivity index (χ0v) is 25.8. The SMILES string of the molecule is c1ccc2cc3c(cc2c1)oc1cc2oc4cc(-c5c6ccccc6c(-c6cccc7ccccc67)c6ccccc56)ccc4c2cc13. The van der Waals surface area contributed by atoms with Crippen molar-refractivity contribution in [1.29, 1.82) is 0 Å². The minimum Gasteiger partial charge on any atom is -0.456 e. The zero-order valence-electron chi connectivity index (χ0n) is 25.8. The van der Waals surface area contributed by atoms with E-state index in [-0.39, 0.29) is 0 Å². The molecule has 0 aliphatic carbocycles. The Morgan fingerprint density at radius 3 is 1.48 bits per heavy atom. The van der Waals surface area contributed by atoms with Crippen LogP contribution in [-0.2, 0) is 0 Å². The standard InChI is InChI=1S/C46H26O2/c1-2-12-29-23-42-38(22-28(29)11-1)40-25-39-32-21-20-30(24-41(32)47-43(39)26-44(40)48-42)45-34-15-5-7-17-36(34)46(37-18-8-6-16-35(37)45)33-19-9-13-27-10-3-4-14-31(27)33/h1-26H. The van der Waals surface area contributed by atoms with Gasteiger partial charge in [0.25, 0.3) is 0 Å². The Bertz CT molecular complexity index is 3060. The van der Waals surface area contributed by atoms with Gasteiger partial charge in [-0.3, -0.25) is 0 Å². The van der Waals surface area contributed by atoms with Crippen LogP contribution in [0.25, 0.3) is 109 Å². The molecule has 11 aromatic rings.